The van der Waals surface area contributed by atoms with Crippen molar-refractivity contribution in [3.8, 4) is 11.3 Å². The summed E-state index contributed by atoms with van der Waals surface area (Å²) in [4.78, 5) is 4.57. The molecule has 0 atom stereocenters. The molecule has 0 spiro atoms. The summed E-state index contributed by atoms with van der Waals surface area (Å²) >= 11 is 0. The van der Waals surface area contributed by atoms with Crippen molar-refractivity contribution in [3.05, 3.63) is 52.2 Å². The largest absolute Gasteiger partial charge is 0.256 e. The first-order valence-corrected chi connectivity index (χ1v) is 5.72. The maximum absolute atomic E-state index is 4.57. The van der Waals surface area contributed by atoms with Crippen LogP contribution < -0.4 is 0 Å². The predicted molar refractivity (Wildman–Crippen MR) is 66.7 cm³/mol. The second-order valence-corrected chi connectivity index (χ2v) is 4.73. The van der Waals surface area contributed by atoms with Crippen LogP contribution in [0.15, 0.2) is 24.4 Å². The van der Waals surface area contributed by atoms with E-state index in [1.165, 1.54) is 39.1 Å². The molecule has 1 heteroatoms. The molecule has 0 bridgehead atoms. The van der Waals surface area contributed by atoms with Crippen LogP contribution in [0.2, 0.25) is 0 Å². The average molecular weight is 209 g/mol. The first kappa shape index (κ1) is 9.59. The van der Waals surface area contributed by atoms with Crippen molar-refractivity contribution < 1.29 is 0 Å². The average Bonchev–Trinajstić information content (AvgIpc) is 2.62. The van der Waals surface area contributed by atoms with E-state index in [0.717, 1.165) is 6.42 Å². The third-order valence-electron chi connectivity index (χ3n) is 3.59. The van der Waals surface area contributed by atoms with Gasteiger partial charge in [0, 0.05) is 18.2 Å². The van der Waals surface area contributed by atoms with Crippen LogP contribution in [0.4, 0.5) is 0 Å². The number of benzene rings is 1. The van der Waals surface area contributed by atoms with Crippen LogP contribution in [0.3, 0.4) is 0 Å². The predicted octanol–water partition coefficient (Wildman–Crippen LogP) is 3.58. The molecule has 0 saturated heterocycles. The third-order valence-corrected chi connectivity index (χ3v) is 3.59. The van der Waals surface area contributed by atoms with Gasteiger partial charge in [-0.05, 0) is 48.6 Å². The lowest BCUT2D eigenvalue weighted by atomic mass is 9.99. The van der Waals surface area contributed by atoms with Gasteiger partial charge in [-0.15, -0.1) is 0 Å². The minimum Gasteiger partial charge on any atom is -0.256 e. The second kappa shape index (κ2) is 3.18. The Kier molecular flexibility index (Phi) is 1.90. The SMILES string of the molecule is Cc1cnc2c(c1)Cc1c-2ccc(C)c1C. The van der Waals surface area contributed by atoms with E-state index in [2.05, 4.69) is 44.0 Å². The minimum absolute atomic E-state index is 1.05. The lowest BCUT2D eigenvalue weighted by Crippen LogP contribution is -1.89. The van der Waals surface area contributed by atoms with Gasteiger partial charge in [0.1, 0.15) is 0 Å². The maximum atomic E-state index is 4.57. The smallest absolute Gasteiger partial charge is 0.0740 e. The summed E-state index contributed by atoms with van der Waals surface area (Å²) in [5, 5.41) is 0. The highest BCUT2D eigenvalue weighted by molar-refractivity contribution is 5.75. The fraction of sp³-hybridized carbons (Fsp3) is 0.267. The molecule has 80 valence electrons. The van der Waals surface area contributed by atoms with Crippen LogP contribution in [0.5, 0.6) is 0 Å². The number of hydrogen-bond acceptors (Lipinski definition) is 1. The van der Waals surface area contributed by atoms with Crippen LogP contribution in [0.1, 0.15) is 27.8 Å². The number of nitrogens with zero attached hydrogens (tertiary/aromatic N) is 1. The Balaban J connectivity index is 2.27. The summed E-state index contributed by atoms with van der Waals surface area (Å²) in [7, 11) is 0. The molecule has 0 amide bonds. The lowest BCUT2D eigenvalue weighted by molar-refractivity contribution is 1.17. The summed E-state index contributed by atoms with van der Waals surface area (Å²) in [5.74, 6) is 0. The van der Waals surface area contributed by atoms with Gasteiger partial charge in [-0.1, -0.05) is 18.2 Å². The molecule has 1 heterocycles. The monoisotopic (exact) mass is 209 g/mol. The van der Waals surface area contributed by atoms with Crippen molar-refractivity contribution in [1.82, 2.24) is 4.98 Å². The fourth-order valence-corrected chi connectivity index (χ4v) is 2.52. The van der Waals surface area contributed by atoms with Gasteiger partial charge >= 0.3 is 0 Å². The van der Waals surface area contributed by atoms with Gasteiger partial charge in [0.2, 0.25) is 0 Å². The van der Waals surface area contributed by atoms with E-state index in [0.29, 0.717) is 0 Å². The molecule has 1 aliphatic carbocycles. The molecule has 0 N–H and O–H groups in total. The van der Waals surface area contributed by atoms with Gasteiger partial charge in [-0.2, -0.15) is 0 Å². The molecule has 1 nitrogen and oxygen atoms in total. The van der Waals surface area contributed by atoms with E-state index < -0.39 is 0 Å². The summed E-state index contributed by atoms with van der Waals surface area (Å²) < 4.78 is 0. The third kappa shape index (κ3) is 1.21. The number of rotatable bonds is 0. The zero-order chi connectivity index (χ0) is 11.3. The number of aryl methyl sites for hydroxylation is 2. The first-order chi connectivity index (χ1) is 7.66. The number of hydrogen-bond donors (Lipinski definition) is 0. The zero-order valence-corrected chi connectivity index (χ0v) is 9.96. The summed E-state index contributed by atoms with van der Waals surface area (Å²) in [6, 6.07) is 6.67. The highest BCUT2D eigenvalue weighted by atomic mass is 14.7. The van der Waals surface area contributed by atoms with Crippen molar-refractivity contribution in [1.29, 1.82) is 0 Å². The molecular weight excluding hydrogens is 194 g/mol. The molecule has 1 aliphatic rings. The van der Waals surface area contributed by atoms with Crippen LogP contribution in [-0.4, -0.2) is 4.98 Å². The lowest BCUT2D eigenvalue weighted by Gasteiger charge is -2.06. The summed E-state index contributed by atoms with van der Waals surface area (Å²) in [5.41, 5.74) is 9.41. The van der Waals surface area contributed by atoms with E-state index in [9.17, 15) is 0 Å². The van der Waals surface area contributed by atoms with E-state index >= 15 is 0 Å². The Morgan fingerprint density at radius 1 is 1.12 bits per heavy atom. The van der Waals surface area contributed by atoms with Crippen LogP contribution in [0.25, 0.3) is 11.3 Å². The molecule has 0 unspecified atom stereocenters. The summed E-state index contributed by atoms with van der Waals surface area (Å²) in [6.07, 6.45) is 3.01. The molecule has 1 aromatic heterocycles. The molecule has 0 aliphatic heterocycles. The number of aromatic nitrogens is 1. The van der Waals surface area contributed by atoms with E-state index in [1.54, 1.807) is 0 Å². The van der Waals surface area contributed by atoms with Crippen molar-refractivity contribution in [2.45, 2.75) is 27.2 Å². The Bertz CT molecular complexity index is 582. The Labute approximate surface area is 96.2 Å². The number of fused-ring (bicyclic) bond motifs is 3. The van der Waals surface area contributed by atoms with Gasteiger partial charge < -0.3 is 0 Å². The topological polar surface area (TPSA) is 12.9 Å². The molecule has 2 aromatic rings. The van der Waals surface area contributed by atoms with Crippen LogP contribution >= 0.6 is 0 Å². The first-order valence-electron chi connectivity index (χ1n) is 5.72. The van der Waals surface area contributed by atoms with E-state index in [1.807, 2.05) is 6.20 Å². The Morgan fingerprint density at radius 3 is 2.75 bits per heavy atom. The second-order valence-electron chi connectivity index (χ2n) is 4.73. The number of pyridine rings is 1. The van der Waals surface area contributed by atoms with Gasteiger partial charge in [0.15, 0.2) is 0 Å². The van der Waals surface area contributed by atoms with Crippen molar-refractivity contribution in [2.75, 3.05) is 0 Å². The van der Waals surface area contributed by atoms with E-state index in [-0.39, 0.29) is 0 Å². The van der Waals surface area contributed by atoms with Gasteiger partial charge in [0.05, 0.1) is 5.69 Å². The molecule has 0 saturated carbocycles. The normalized spacial score (nSPS) is 12.4. The van der Waals surface area contributed by atoms with Crippen molar-refractivity contribution >= 4 is 0 Å². The Morgan fingerprint density at radius 2 is 1.94 bits per heavy atom. The molecule has 1 aromatic carbocycles. The molecule has 0 radical (unpaired) electrons. The van der Waals surface area contributed by atoms with Gasteiger partial charge in [0.25, 0.3) is 0 Å². The van der Waals surface area contributed by atoms with Gasteiger partial charge in [-0.25, -0.2) is 0 Å². The molecular formula is C15H15N. The van der Waals surface area contributed by atoms with E-state index in [4.69, 9.17) is 0 Å². The van der Waals surface area contributed by atoms with Crippen LogP contribution in [0, 0.1) is 20.8 Å². The Hall–Kier alpha value is -1.63. The maximum Gasteiger partial charge on any atom is 0.0740 e. The highest BCUT2D eigenvalue weighted by Gasteiger charge is 2.21. The zero-order valence-electron chi connectivity index (χ0n) is 9.96. The van der Waals surface area contributed by atoms with Crippen molar-refractivity contribution in [3.63, 3.8) is 0 Å². The quantitative estimate of drug-likeness (QED) is 0.551. The molecule has 0 fully saturated rings. The minimum atomic E-state index is 1.05. The van der Waals surface area contributed by atoms with Crippen molar-refractivity contribution in [2.24, 2.45) is 0 Å². The summed E-state index contributed by atoms with van der Waals surface area (Å²) in [6.45, 7) is 6.50. The molecule has 3 rings (SSSR count). The standard InChI is InChI=1S/C15H15N/c1-9-6-12-7-14-11(3)10(2)4-5-13(14)15(12)16-8-9/h4-6,8H,7H2,1-3H3. The fourth-order valence-electron chi connectivity index (χ4n) is 2.52. The molecule has 16 heavy (non-hydrogen) atoms. The van der Waals surface area contributed by atoms with Gasteiger partial charge in [-0.3, -0.25) is 4.98 Å². The highest BCUT2D eigenvalue weighted by Crippen LogP contribution is 2.37. The van der Waals surface area contributed by atoms with Crippen LogP contribution in [-0.2, 0) is 6.42 Å².